The van der Waals surface area contributed by atoms with Crippen molar-refractivity contribution in [1.29, 1.82) is 0 Å². The van der Waals surface area contributed by atoms with Gasteiger partial charge in [-0.15, -0.1) is 0 Å². The monoisotopic (exact) mass is 621 g/mol. The van der Waals surface area contributed by atoms with Crippen LogP contribution in [-0.2, 0) is 25.5 Å². The number of aryl methyl sites for hydroxylation is 2. The Labute approximate surface area is 248 Å². The molecule has 11 heteroatoms. The van der Waals surface area contributed by atoms with Gasteiger partial charge in [-0.05, 0) is 62.8 Å². The van der Waals surface area contributed by atoms with Gasteiger partial charge in [-0.2, -0.15) is 32.1 Å². The van der Waals surface area contributed by atoms with Crippen molar-refractivity contribution >= 4 is 43.6 Å². The lowest BCUT2D eigenvalue weighted by Crippen LogP contribution is -2.51. The first-order valence-electron chi connectivity index (χ1n) is 13.0. The molecule has 0 bridgehead atoms. The van der Waals surface area contributed by atoms with Crippen LogP contribution in [0.25, 0.3) is 0 Å². The average Bonchev–Trinajstić information content (AvgIpc) is 2.94. The maximum atomic E-state index is 13.9. The van der Waals surface area contributed by atoms with Crippen LogP contribution in [0.5, 0.6) is 0 Å². The Balaban J connectivity index is 2.09. The van der Waals surface area contributed by atoms with Crippen LogP contribution in [0.2, 0.25) is 0 Å². The molecule has 0 N–H and O–H groups in total. The molecule has 0 aliphatic carbocycles. The van der Waals surface area contributed by atoms with E-state index in [0.29, 0.717) is 17.2 Å². The molecule has 2 aromatic carbocycles. The van der Waals surface area contributed by atoms with Crippen LogP contribution in [0.4, 0.5) is 0 Å². The van der Waals surface area contributed by atoms with Gasteiger partial charge in [-0.1, -0.05) is 48.4 Å². The van der Waals surface area contributed by atoms with Crippen molar-refractivity contribution in [2.75, 3.05) is 50.2 Å². The molecule has 0 atom stereocenters. The summed E-state index contributed by atoms with van der Waals surface area (Å²) < 4.78 is 58.7. The molecule has 0 saturated heterocycles. The van der Waals surface area contributed by atoms with Crippen LogP contribution >= 0.6 is 23.5 Å². The molecular weight excluding hydrogens is 583 g/mol. The molecule has 0 spiro atoms. The number of hydrogen-bond acceptors (Lipinski definition) is 7. The number of aromatic nitrogens is 1. The van der Waals surface area contributed by atoms with Crippen molar-refractivity contribution < 1.29 is 16.8 Å². The molecule has 0 radical (unpaired) electrons. The summed E-state index contributed by atoms with van der Waals surface area (Å²) in [5.41, 5.74) is 1.64. The van der Waals surface area contributed by atoms with Gasteiger partial charge in [-0.25, -0.2) is 16.8 Å². The molecule has 0 amide bonds. The molecule has 218 valence electrons. The Bertz CT molecular complexity index is 1340. The molecule has 40 heavy (non-hydrogen) atoms. The maximum absolute atomic E-state index is 13.9. The normalized spacial score (nSPS) is 12.8. The fourth-order valence-electron chi connectivity index (χ4n) is 4.38. The lowest BCUT2D eigenvalue weighted by atomic mass is 9.85. The summed E-state index contributed by atoms with van der Waals surface area (Å²) in [5, 5.41) is 0. The minimum Gasteiger partial charge on any atom is -0.261 e. The van der Waals surface area contributed by atoms with Crippen molar-refractivity contribution in [3.05, 3.63) is 89.7 Å². The topological polar surface area (TPSA) is 87.7 Å². The molecule has 3 rings (SSSR count). The Morgan fingerprint density at radius 3 is 1.48 bits per heavy atom. The second kappa shape index (κ2) is 14.3. The van der Waals surface area contributed by atoms with Gasteiger partial charge in [0.25, 0.3) is 0 Å². The summed E-state index contributed by atoms with van der Waals surface area (Å²) in [4.78, 5) is 5.03. The first-order chi connectivity index (χ1) is 18.9. The third kappa shape index (κ3) is 8.10. The SMILES string of the molecule is CSCCN(CC(C)(CN(CCSC)S(=O)(=O)c1ccc(C)cc1)c1ccccn1)S(=O)(=O)c1ccc(C)cc1. The second-order valence-electron chi connectivity index (χ2n) is 10.1. The lowest BCUT2D eigenvalue weighted by Gasteiger charge is -2.38. The van der Waals surface area contributed by atoms with Gasteiger partial charge in [0, 0.05) is 55.0 Å². The van der Waals surface area contributed by atoms with Gasteiger partial charge >= 0.3 is 0 Å². The Morgan fingerprint density at radius 2 is 1.12 bits per heavy atom. The molecule has 0 unspecified atom stereocenters. The molecule has 0 fully saturated rings. The summed E-state index contributed by atoms with van der Waals surface area (Å²) in [5.74, 6) is 1.20. The van der Waals surface area contributed by atoms with Gasteiger partial charge in [0.15, 0.2) is 0 Å². The third-order valence-corrected chi connectivity index (χ3v) is 11.6. The summed E-state index contributed by atoms with van der Waals surface area (Å²) in [6.45, 7) is 6.45. The predicted octanol–water partition coefficient (Wildman–Crippen LogP) is 5.06. The number of pyridine rings is 1. The highest BCUT2D eigenvalue weighted by Crippen LogP contribution is 2.30. The number of hydrogen-bond donors (Lipinski definition) is 0. The van der Waals surface area contributed by atoms with Crippen molar-refractivity contribution in [1.82, 2.24) is 13.6 Å². The maximum Gasteiger partial charge on any atom is 0.243 e. The molecule has 0 aliphatic heterocycles. The third-order valence-electron chi connectivity index (χ3n) is 6.74. The van der Waals surface area contributed by atoms with Crippen LogP contribution in [0.15, 0.2) is 82.7 Å². The van der Waals surface area contributed by atoms with E-state index in [1.54, 1.807) is 84.3 Å². The highest BCUT2D eigenvalue weighted by molar-refractivity contribution is 7.98. The highest BCUT2D eigenvalue weighted by Gasteiger charge is 2.40. The molecule has 0 aliphatic rings. The highest BCUT2D eigenvalue weighted by atomic mass is 32.2. The van der Waals surface area contributed by atoms with Gasteiger partial charge in [0.1, 0.15) is 0 Å². The molecule has 1 heterocycles. The summed E-state index contributed by atoms with van der Waals surface area (Å²) >= 11 is 3.12. The summed E-state index contributed by atoms with van der Waals surface area (Å²) in [7, 11) is -7.71. The molecule has 7 nitrogen and oxygen atoms in total. The minimum absolute atomic E-state index is 0.0694. The fourth-order valence-corrected chi connectivity index (χ4v) is 8.55. The second-order valence-corrected chi connectivity index (χ2v) is 15.9. The van der Waals surface area contributed by atoms with E-state index >= 15 is 0 Å². The zero-order valence-corrected chi connectivity index (χ0v) is 27.0. The molecule has 0 saturated carbocycles. The minimum atomic E-state index is -3.86. The van der Waals surface area contributed by atoms with E-state index in [4.69, 9.17) is 0 Å². The largest absolute Gasteiger partial charge is 0.261 e. The Morgan fingerprint density at radius 1 is 0.700 bits per heavy atom. The van der Waals surface area contributed by atoms with Gasteiger partial charge in [-0.3, -0.25) is 4.98 Å². The first-order valence-corrected chi connectivity index (χ1v) is 18.6. The molecule has 3 aromatic rings. The number of sulfonamides is 2. The lowest BCUT2D eigenvalue weighted by molar-refractivity contribution is 0.265. The van der Waals surface area contributed by atoms with Crippen LogP contribution < -0.4 is 0 Å². The van der Waals surface area contributed by atoms with E-state index in [1.807, 2.05) is 45.4 Å². The van der Waals surface area contributed by atoms with Crippen LogP contribution in [0.1, 0.15) is 23.7 Å². The van der Waals surface area contributed by atoms with Crippen molar-refractivity contribution in [2.24, 2.45) is 0 Å². The Hall–Kier alpha value is -1.89. The van der Waals surface area contributed by atoms with E-state index in [0.717, 1.165) is 11.1 Å². The quantitative estimate of drug-likeness (QED) is 0.234. The standard InChI is InChI=1S/C29H39N3O4S4/c1-24-9-13-26(14-10-24)39(33,34)31(18-20-37-4)22-29(3,28-8-6-7-17-30-28)23-32(19-21-38-5)40(35,36)27-15-11-25(2)12-16-27/h6-17H,18-23H2,1-5H3. The molecular formula is C29H39N3O4S4. The molecule has 1 aromatic heterocycles. The van der Waals surface area contributed by atoms with Crippen molar-refractivity contribution in [3.63, 3.8) is 0 Å². The van der Waals surface area contributed by atoms with E-state index < -0.39 is 25.5 Å². The van der Waals surface area contributed by atoms with E-state index in [9.17, 15) is 16.8 Å². The number of nitrogens with zero attached hydrogens (tertiary/aromatic N) is 3. The average molecular weight is 622 g/mol. The smallest absolute Gasteiger partial charge is 0.243 e. The predicted molar refractivity (Wildman–Crippen MR) is 168 cm³/mol. The van der Waals surface area contributed by atoms with E-state index in [2.05, 4.69) is 4.98 Å². The Kier molecular flexibility index (Phi) is 11.7. The summed E-state index contributed by atoms with van der Waals surface area (Å²) in [6.07, 6.45) is 5.54. The van der Waals surface area contributed by atoms with Crippen molar-refractivity contribution in [2.45, 2.75) is 36.0 Å². The van der Waals surface area contributed by atoms with E-state index in [-0.39, 0.29) is 36.0 Å². The number of rotatable bonds is 15. The first kappa shape index (κ1) is 32.6. The van der Waals surface area contributed by atoms with Crippen LogP contribution in [0, 0.1) is 13.8 Å². The zero-order valence-electron chi connectivity index (χ0n) is 23.8. The number of thioether (sulfide) groups is 2. The van der Waals surface area contributed by atoms with Crippen LogP contribution in [-0.4, -0.2) is 80.6 Å². The van der Waals surface area contributed by atoms with Gasteiger partial charge < -0.3 is 0 Å². The van der Waals surface area contributed by atoms with Crippen LogP contribution in [0.3, 0.4) is 0 Å². The van der Waals surface area contributed by atoms with E-state index in [1.165, 1.54) is 8.61 Å². The van der Waals surface area contributed by atoms with Crippen molar-refractivity contribution in [3.8, 4) is 0 Å². The zero-order chi connectivity index (χ0) is 29.4. The van der Waals surface area contributed by atoms with Gasteiger partial charge in [0.05, 0.1) is 9.79 Å². The fraction of sp³-hybridized carbons (Fsp3) is 0.414. The summed E-state index contributed by atoms with van der Waals surface area (Å²) in [6, 6.07) is 19.1. The number of benzene rings is 2. The van der Waals surface area contributed by atoms with Gasteiger partial charge in [0.2, 0.25) is 20.0 Å².